The summed E-state index contributed by atoms with van der Waals surface area (Å²) in [5, 5.41) is 19.5. The second-order valence-electron chi connectivity index (χ2n) is 6.89. The highest BCUT2D eigenvalue weighted by Crippen LogP contribution is 2.22. The van der Waals surface area contributed by atoms with E-state index in [9.17, 15) is 10.2 Å². The summed E-state index contributed by atoms with van der Waals surface area (Å²) in [7, 11) is 0. The van der Waals surface area contributed by atoms with Crippen LogP contribution in [-0.4, -0.2) is 47.5 Å². The van der Waals surface area contributed by atoms with Gasteiger partial charge in [0.25, 0.3) is 0 Å². The number of piperidine rings is 1. The predicted molar refractivity (Wildman–Crippen MR) is 98.9 cm³/mol. The van der Waals surface area contributed by atoms with E-state index < -0.39 is 6.10 Å². The number of aromatic hydroxyl groups is 1. The van der Waals surface area contributed by atoms with Crippen LogP contribution in [0.5, 0.6) is 11.5 Å². The summed E-state index contributed by atoms with van der Waals surface area (Å²) in [5.74, 6) is 1.62. The molecule has 0 unspecified atom stereocenters. The van der Waals surface area contributed by atoms with Crippen LogP contribution >= 0.6 is 0 Å². The standard InChI is InChI=1S/C21H27NO3/c23-19-6-8-21(9-7-19)25-16-20(24)15-22-12-10-18(11-13-22)14-17-4-2-1-3-5-17/h1-9,18,20,23-24H,10-16H2/t20-/m1/s1. The lowest BCUT2D eigenvalue weighted by molar-refractivity contribution is 0.0550. The van der Waals surface area contributed by atoms with E-state index in [1.165, 1.54) is 18.4 Å². The summed E-state index contributed by atoms with van der Waals surface area (Å²) < 4.78 is 5.58. The van der Waals surface area contributed by atoms with Crippen molar-refractivity contribution < 1.29 is 14.9 Å². The minimum absolute atomic E-state index is 0.214. The van der Waals surface area contributed by atoms with E-state index in [1.54, 1.807) is 24.3 Å². The van der Waals surface area contributed by atoms with Crippen LogP contribution in [0.4, 0.5) is 0 Å². The molecule has 0 aromatic heterocycles. The Morgan fingerprint density at radius 3 is 2.36 bits per heavy atom. The third kappa shape index (κ3) is 5.76. The Labute approximate surface area is 149 Å². The van der Waals surface area contributed by atoms with Gasteiger partial charge in [-0.1, -0.05) is 30.3 Å². The van der Waals surface area contributed by atoms with Crippen molar-refractivity contribution in [3.8, 4) is 11.5 Å². The van der Waals surface area contributed by atoms with Gasteiger partial charge < -0.3 is 19.8 Å². The largest absolute Gasteiger partial charge is 0.508 e. The maximum atomic E-state index is 10.2. The summed E-state index contributed by atoms with van der Waals surface area (Å²) in [6.45, 7) is 2.99. The molecule has 2 aromatic rings. The van der Waals surface area contributed by atoms with Gasteiger partial charge >= 0.3 is 0 Å². The first-order chi connectivity index (χ1) is 12.2. The zero-order chi connectivity index (χ0) is 17.5. The molecule has 0 aliphatic carbocycles. The molecule has 1 atom stereocenters. The molecule has 4 heteroatoms. The van der Waals surface area contributed by atoms with Gasteiger partial charge in [0.2, 0.25) is 0 Å². The highest BCUT2D eigenvalue weighted by molar-refractivity contribution is 5.30. The normalized spacial score (nSPS) is 17.3. The highest BCUT2D eigenvalue weighted by atomic mass is 16.5. The summed E-state index contributed by atoms with van der Waals surface area (Å²) in [6.07, 6.45) is 3.02. The van der Waals surface area contributed by atoms with Crippen LogP contribution in [0.1, 0.15) is 18.4 Å². The molecule has 1 aliphatic heterocycles. The average Bonchev–Trinajstić information content (AvgIpc) is 2.64. The molecule has 0 spiro atoms. The minimum Gasteiger partial charge on any atom is -0.508 e. The number of phenolic OH excluding ortho intramolecular Hbond substituents is 1. The van der Waals surface area contributed by atoms with E-state index in [0.717, 1.165) is 25.4 Å². The van der Waals surface area contributed by atoms with Crippen LogP contribution < -0.4 is 4.74 Å². The van der Waals surface area contributed by atoms with Gasteiger partial charge in [0, 0.05) is 6.54 Å². The van der Waals surface area contributed by atoms with Crippen LogP contribution in [0.15, 0.2) is 54.6 Å². The van der Waals surface area contributed by atoms with Gasteiger partial charge in [-0.3, -0.25) is 0 Å². The zero-order valence-electron chi connectivity index (χ0n) is 14.6. The van der Waals surface area contributed by atoms with Crippen LogP contribution in [0, 0.1) is 5.92 Å². The Morgan fingerprint density at radius 2 is 1.68 bits per heavy atom. The molecule has 25 heavy (non-hydrogen) atoms. The van der Waals surface area contributed by atoms with Crippen molar-refractivity contribution >= 4 is 0 Å². The lowest BCUT2D eigenvalue weighted by Gasteiger charge is -2.33. The van der Waals surface area contributed by atoms with Crippen LogP contribution in [-0.2, 0) is 6.42 Å². The Hall–Kier alpha value is -2.04. The third-order valence-electron chi connectivity index (χ3n) is 4.82. The monoisotopic (exact) mass is 341 g/mol. The van der Waals surface area contributed by atoms with Crippen LogP contribution in [0.25, 0.3) is 0 Å². The number of aliphatic hydroxyl groups is 1. The smallest absolute Gasteiger partial charge is 0.119 e. The van der Waals surface area contributed by atoms with Crippen LogP contribution in [0.2, 0.25) is 0 Å². The number of aliphatic hydroxyl groups excluding tert-OH is 1. The number of phenols is 1. The second kappa shape index (κ2) is 8.88. The van der Waals surface area contributed by atoms with Gasteiger partial charge in [0.1, 0.15) is 24.2 Å². The number of hydrogen-bond acceptors (Lipinski definition) is 4. The number of benzene rings is 2. The molecule has 134 valence electrons. The Bertz CT molecular complexity index is 621. The molecule has 1 fully saturated rings. The number of β-amino-alcohol motifs (C(OH)–C–C–N with tert-alkyl or cyclic N) is 1. The fraction of sp³-hybridized carbons (Fsp3) is 0.429. The predicted octanol–water partition coefficient (Wildman–Crippen LogP) is 3.09. The topological polar surface area (TPSA) is 52.9 Å². The van der Waals surface area contributed by atoms with E-state index in [4.69, 9.17) is 4.74 Å². The van der Waals surface area contributed by atoms with Gasteiger partial charge in [-0.15, -0.1) is 0 Å². The summed E-state index contributed by atoms with van der Waals surface area (Å²) in [6, 6.07) is 17.3. The number of rotatable bonds is 7. The van der Waals surface area contributed by atoms with Crippen molar-refractivity contribution in [2.75, 3.05) is 26.2 Å². The van der Waals surface area contributed by atoms with E-state index in [0.29, 0.717) is 12.3 Å². The molecule has 2 N–H and O–H groups in total. The highest BCUT2D eigenvalue weighted by Gasteiger charge is 2.21. The maximum Gasteiger partial charge on any atom is 0.119 e. The molecular weight excluding hydrogens is 314 g/mol. The van der Waals surface area contributed by atoms with Gasteiger partial charge in [-0.05, 0) is 68.1 Å². The summed E-state index contributed by atoms with van der Waals surface area (Å²) in [5.41, 5.74) is 1.42. The molecule has 1 aliphatic rings. The molecule has 0 saturated carbocycles. The number of nitrogens with zero attached hydrogens (tertiary/aromatic N) is 1. The van der Waals surface area contributed by atoms with Crippen molar-refractivity contribution in [1.82, 2.24) is 4.90 Å². The molecule has 4 nitrogen and oxygen atoms in total. The molecule has 0 radical (unpaired) electrons. The molecule has 1 saturated heterocycles. The molecular formula is C21H27NO3. The Kier molecular flexibility index (Phi) is 6.31. The van der Waals surface area contributed by atoms with Crippen molar-refractivity contribution in [3.63, 3.8) is 0 Å². The fourth-order valence-electron chi connectivity index (χ4n) is 3.41. The fourth-order valence-corrected chi connectivity index (χ4v) is 3.41. The molecule has 3 rings (SSSR count). The first-order valence-corrected chi connectivity index (χ1v) is 9.05. The van der Waals surface area contributed by atoms with Gasteiger partial charge in [0.15, 0.2) is 0 Å². The van der Waals surface area contributed by atoms with Gasteiger partial charge in [-0.25, -0.2) is 0 Å². The average molecular weight is 341 g/mol. The van der Waals surface area contributed by atoms with Crippen molar-refractivity contribution in [2.24, 2.45) is 5.92 Å². The molecule has 1 heterocycles. The summed E-state index contributed by atoms with van der Waals surface area (Å²) in [4.78, 5) is 2.33. The minimum atomic E-state index is -0.500. The zero-order valence-corrected chi connectivity index (χ0v) is 14.6. The van der Waals surface area contributed by atoms with Crippen molar-refractivity contribution in [2.45, 2.75) is 25.4 Å². The van der Waals surface area contributed by atoms with E-state index in [1.807, 2.05) is 0 Å². The van der Waals surface area contributed by atoms with Crippen LogP contribution in [0.3, 0.4) is 0 Å². The Balaban J connectivity index is 1.36. The lowest BCUT2D eigenvalue weighted by Crippen LogP contribution is -2.41. The van der Waals surface area contributed by atoms with E-state index in [2.05, 4.69) is 35.2 Å². The van der Waals surface area contributed by atoms with Crippen molar-refractivity contribution in [1.29, 1.82) is 0 Å². The van der Waals surface area contributed by atoms with Crippen molar-refractivity contribution in [3.05, 3.63) is 60.2 Å². The molecule has 0 bridgehead atoms. The first kappa shape index (κ1) is 17.8. The Morgan fingerprint density at radius 1 is 1.00 bits per heavy atom. The summed E-state index contributed by atoms with van der Waals surface area (Å²) >= 11 is 0. The molecule has 2 aromatic carbocycles. The van der Waals surface area contributed by atoms with E-state index >= 15 is 0 Å². The number of likely N-dealkylation sites (tertiary alicyclic amines) is 1. The molecule has 0 amide bonds. The second-order valence-corrected chi connectivity index (χ2v) is 6.89. The SMILES string of the molecule is Oc1ccc(OC[C@H](O)CN2CCC(Cc3ccccc3)CC2)cc1. The first-order valence-electron chi connectivity index (χ1n) is 9.05. The maximum absolute atomic E-state index is 10.2. The van der Waals surface area contributed by atoms with Gasteiger partial charge in [-0.2, -0.15) is 0 Å². The number of hydrogen-bond donors (Lipinski definition) is 2. The lowest BCUT2D eigenvalue weighted by atomic mass is 9.90. The third-order valence-corrected chi connectivity index (χ3v) is 4.82. The quantitative estimate of drug-likeness (QED) is 0.813. The van der Waals surface area contributed by atoms with E-state index in [-0.39, 0.29) is 12.4 Å². The number of ether oxygens (including phenoxy) is 1. The van der Waals surface area contributed by atoms with Gasteiger partial charge in [0.05, 0.1) is 0 Å².